The van der Waals surface area contributed by atoms with Crippen molar-refractivity contribution in [1.29, 1.82) is 0 Å². The minimum absolute atomic E-state index is 0.173. The van der Waals surface area contributed by atoms with Crippen LogP contribution in [0.25, 0.3) is 0 Å². The molecule has 0 aliphatic carbocycles. The summed E-state index contributed by atoms with van der Waals surface area (Å²) in [5.74, 6) is 0. The van der Waals surface area contributed by atoms with Gasteiger partial charge in [0.2, 0.25) is 0 Å². The van der Waals surface area contributed by atoms with Crippen molar-refractivity contribution >= 4 is 36.6 Å². The Kier molecular flexibility index (Phi) is 5.03. The summed E-state index contributed by atoms with van der Waals surface area (Å²) in [4.78, 5) is 0. The molecule has 0 bridgehead atoms. The maximum Gasteiger partial charge on any atom is 0.145 e. The molecule has 4 rings (SSSR count). The van der Waals surface area contributed by atoms with E-state index in [2.05, 4.69) is 28.4 Å². The molecule has 4 aliphatic rings. The Bertz CT molecular complexity index is 518. The summed E-state index contributed by atoms with van der Waals surface area (Å²) in [5.41, 5.74) is 0. The molecule has 0 radical (unpaired) electrons. The van der Waals surface area contributed by atoms with Crippen LogP contribution in [0.2, 0.25) is 0 Å². The third kappa shape index (κ3) is 3.62. The molecule has 11 heteroatoms. The van der Waals surface area contributed by atoms with Crippen LogP contribution in [0.15, 0.2) is 0 Å². The van der Waals surface area contributed by atoms with Gasteiger partial charge in [-0.1, -0.05) is 0 Å². The molecular weight excluding hydrogens is 370 g/mol. The Morgan fingerprint density at radius 3 is 1.70 bits per heavy atom. The zero-order valence-electron chi connectivity index (χ0n) is 13.4. The van der Waals surface area contributed by atoms with Gasteiger partial charge in [-0.25, -0.2) is 23.4 Å². The van der Waals surface area contributed by atoms with Crippen molar-refractivity contribution in [2.24, 2.45) is 0 Å². The monoisotopic (exact) mass is 396 g/mol. The SMILES string of the molecule is OCCN(CCNP(=S)(N1CC1)N1CC1)P(=S)(N1CC1)N1CC1. The van der Waals surface area contributed by atoms with E-state index >= 15 is 0 Å². The first-order valence-electron chi connectivity index (χ1n) is 8.42. The normalized spacial score (nSPS) is 26.0. The van der Waals surface area contributed by atoms with Crippen molar-refractivity contribution in [2.75, 3.05) is 78.6 Å². The maximum absolute atomic E-state index is 9.50. The van der Waals surface area contributed by atoms with Gasteiger partial charge in [0.1, 0.15) is 13.0 Å². The largest absolute Gasteiger partial charge is 0.395 e. The molecule has 0 aromatic carbocycles. The Balaban J connectivity index is 1.38. The molecule has 4 heterocycles. The van der Waals surface area contributed by atoms with E-state index in [9.17, 15) is 5.11 Å². The fraction of sp³-hybridized carbons (Fsp3) is 1.00. The zero-order chi connectivity index (χ0) is 16.1. The number of nitrogens with zero attached hydrogens (tertiary/aromatic N) is 5. The lowest BCUT2D eigenvalue weighted by molar-refractivity contribution is 0.254. The van der Waals surface area contributed by atoms with E-state index in [1.807, 2.05) is 0 Å². The van der Waals surface area contributed by atoms with Gasteiger partial charge in [0.15, 0.2) is 0 Å². The fourth-order valence-corrected chi connectivity index (χ4v) is 11.1. The topological polar surface area (TPSA) is 47.5 Å². The lowest BCUT2D eigenvalue weighted by atomic mass is 10.6. The van der Waals surface area contributed by atoms with Crippen molar-refractivity contribution in [1.82, 2.24) is 28.4 Å². The van der Waals surface area contributed by atoms with Gasteiger partial charge in [0.05, 0.1) is 6.61 Å². The molecule has 7 nitrogen and oxygen atoms in total. The first kappa shape index (κ1) is 17.4. The van der Waals surface area contributed by atoms with Gasteiger partial charge in [-0.15, -0.1) is 0 Å². The second-order valence-corrected chi connectivity index (χ2v) is 14.7. The number of hydrogen-bond donors (Lipinski definition) is 2. The van der Waals surface area contributed by atoms with Crippen LogP contribution in [-0.4, -0.2) is 107 Å². The average molecular weight is 396 g/mol. The number of nitrogens with one attached hydrogen (secondary N) is 1. The Labute approximate surface area is 148 Å². The number of hydrogen-bond acceptors (Lipinski definition) is 3. The first-order valence-corrected chi connectivity index (χ1v) is 13.8. The summed E-state index contributed by atoms with van der Waals surface area (Å²) < 4.78 is 12.0. The predicted molar refractivity (Wildman–Crippen MR) is 102 cm³/mol. The molecule has 23 heavy (non-hydrogen) atoms. The average Bonchev–Trinajstić information content (AvgIpc) is 3.45. The first-order chi connectivity index (χ1) is 11.1. The van der Waals surface area contributed by atoms with Crippen LogP contribution in [-0.2, 0) is 23.6 Å². The van der Waals surface area contributed by atoms with Gasteiger partial charge in [0, 0.05) is 72.0 Å². The van der Waals surface area contributed by atoms with Crippen molar-refractivity contribution in [3.8, 4) is 0 Å². The van der Waals surface area contributed by atoms with Gasteiger partial charge < -0.3 is 5.11 Å². The van der Waals surface area contributed by atoms with Gasteiger partial charge in [0.25, 0.3) is 0 Å². The van der Waals surface area contributed by atoms with Crippen LogP contribution in [0.3, 0.4) is 0 Å². The number of rotatable bonds is 11. The molecule has 4 saturated heterocycles. The third-order valence-electron chi connectivity index (χ3n) is 4.61. The summed E-state index contributed by atoms with van der Waals surface area (Å²) in [6.45, 7) is 8.15. The third-order valence-corrected chi connectivity index (χ3v) is 14.8. The van der Waals surface area contributed by atoms with Crippen LogP contribution in [0.5, 0.6) is 0 Å². The molecule has 132 valence electrons. The Hall–Kier alpha value is 1.02. The summed E-state index contributed by atoms with van der Waals surface area (Å²) in [7, 11) is 0. The van der Waals surface area contributed by atoms with E-state index < -0.39 is 13.0 Å². The number of aliphatic hydroxyl groups excluding tert-OH is 1. The van der Waals surface area contributed by atoms with E-state index in [4.69, 9.17) is 23.6 Å². The molecular formula is C12H26N6OP2S2. The van der Waals surface area contributed by atoms with Crippen LogP contribution in [0, 0.1) is 0 Å². The summed E-state index contributed by atoms with van der Waals surface area (Å²) in [6, 6.07) is 0. The van der Waals surface area contributed by atoms with Gasteiger partial charge in [-0.3, -0.25) is 5.09 Å². The van der Waals surface area contributed by atoms with Crippen molar-refractivity contribution in [3.63, 3.8) is 0 Å². The Morgan fingerprint density at radius 1 is 0.826 bits per heavy atom. The van der Waals surface area contributed by atoms with Gasteiger partial charge >= 0.3 is 0 Å². The van der Waals surface area contributed by atoms with Gasteiger partial charge in [-0.05, 0) is 23.6 Å². The smallest absolute Gasteiger partial charge is 0.145 e. The molecule has 4 fully saturated rings. The number of aliphatic hydroxyl groups is 1. The predicted octanol–water partition coefficient (Wildman–Crippen LogP) is -0.418. The van der Waals surface area contributed by atoms with E-state index in [1.165, 1.54) is 0 Å². The highest BCUT2D eigenvalue weighted by molar-refractivity contribution is 8.11. The van der Waals surface area contributed by atoms with Gasteiger partial charge in [-0.2, -0.15) is 0 Å². The van der Waals surface area contributed by atoms with Crippen LogP contribution in [0.4, 0.5) is 0 Å². The zero-order valence-corrected chi connectivity index (χ0v) is 16.8. The molecule has 0 unspecified atom stereocenters. The quantitative estimate of drug-likeness (QED) is 0.358. The minimum Gasteiger partial charge on any atom is -0.395 e. The molecule has 0 atom stereocenters. The highest BCUT2D eigenvalue weighted by Gasteiger charge is 2.48. The van der Waals surface area contributed by atoms with Crippen LogP contribution < -0.4 is 5.09 Å². The summed E-state index contributed by atoms with van der Waals surface area (Å²) in [5, 5.41) is 13.2. The highest BCUT2D eigenvalue weighted by Crippen LogP contribution is 2.63. The maximum atomic E-state index is 9.50. The highest BCUT2D eigenvalue weighted by atomic mass is 32.5. The molecule has 4 aliphatic heterocycles. The molecule has 2 N–H and O–H groups in total. The molecule has 0 amide bonds. The van der Waals surface area contributed by atoms with Crippen molar-refractivity contribution in [3.05, 3.63) is 0 Å². The second-order valence-electron chi connectivity index (χ2n) is 6.46. The van der Waals surface area contributed by atoms with E-state index in [-0.39, 0.29) is 6.61 Å². The summed E-state index contributed by atoms with van der Waals surface area (Å²) in [6.07, 6.45) is 0. The minimum atomic E-state index is -1.78. The lowest BCUT2D eigenvalue weighted by Gasteiger charge is -2.37. The van der Waals surface area contributed by atoms with E-state index in [1.54, 1.807) is 0 Å². The van der Waals surface area contributed by atoms with Crippen LogP contribution in [0.1, 0.15) is 0 Å². The molecule has 0 spiro atoms. The lowest BCUT2D eigenvalue weighted by Crippen LogP contribution is -2.36. The Morgan fingerprint density at radius 2 is 1.30 bits per heavy atom. The standard InChI is InChI=1S/C12H26N6OP2S2/c19-12-11-16(21(23,17-7-8-17)18-9-10-18)2-1-13-20(22,14-3-4-14)15-5-6-15/h19H,1-12H2,(H,13,22). The van der Waals surface area contributed by atoms with Crippen LogP contribution >= 0.6 is 13.0 Å². The molecule has 0 aromatic rings. The van der Waals surface area contributed by atoms with Crippen molar-refractivity contribution < 1.29 is 5.11 Å². The molecule has 0 aromatic heterocycles. The van der Waals surface area contributed by atoms with E-state index in [0.717, 1.165) is 65.4 Å². The molecule has 0 saturated carbocycles. The fourth-order valence-electron chi connectivity index (χ4n) is 2.97. The van der Waals surface area contributed by atoms with Crippen molar-refractivity contribution in [2.45, 2.75) is 0 Å². The van der Waals surface area contributed by atoms with E-state index in [0.29, 0.717) is 6.54 Å². The summed E-state index contributed by atoms with van der Waals surface area (Å²) >= 11 is 12.1. The second kappa shape index (κ2) is 6.63.